The molecule has 2 saturated heterocycles. The number of likely N-dealkylation sites (tertiary alicyclic amines) is 1. The molecule has 0 unspecified atom stereocenters. The van der Waals surface area contributed by atoms with Crippen molar-refractivity contribution in [2.75, 3.05) is 26.7 Å². The van der Waals surface area contributed by atoms with Crippen LogP contribution in [0.2, 0.25) is 0 Å². The monoisotopic (exact) mass is 322 g/mol. The second kappa shape index (κ2) is 6.57. The number of carbonyl (C=O) groups is 1. The molecular formula is C16H26N4O3. The summed E-state index contributed by atoms with van der Waals surface area (Å²) in [4.78, 5) is 13.9. The van der Waals surface area contributed by atoms with Gasteiger partial charge in [-0.1, -0.05) is 5.21 Å². The minimum absolute atomic E-state index is 0.0151. The Morgan fingerprint density at radius 1 is 1.48 bits per heavy atom. The zero-order chi connectivity index (χ0) is 16.4. The van der Waals surface area contributed by atoms with Crippen molar-refractivity contribution >= 4 is 5.97 Å². The Bertz CT molecular complexity index is 557. The lowest BCUT2D eigenvalue weighted by Gasteiger charge is -2.34. The van der Waals surface area contributed by atoms with Crippen molar-refractivity contribution in [3.63, 3.8) is 0 Å². The number of ether oxygens (including phenoxy) is 2. The van der Waals surface area contributed by atoms with Crippen molar-refractivity contribution in [1.29, 1.82) is 0 Å². The average Bonchev–Trinajstić information content (AvgIpc) is 3.13. The zero-order valence-corrected chi connectivity index (χ0v) is 14.2. The number of carbonyl (C=O) groups excluding carboxylic acids is 1. The van der Waals surface area contributed by atoms with Gasteiger partial charge in [-0.3, -0.25) is 4.90 Å². The van der Waals surface area contributed by atoms with Crippen LogP contribution in [0.1, 0.15) is 56.1 Å². The molecule has 1 aromatic heterocycles. The Hall–Kier alpha value is -1.47. The number of hydrogen-bond acceptors (Lipinski definition) is 6. The van der Waals surface area contributed by atoms with E-state index in [9.17, 15) is 4.79 Å². The Kier molecular flexibility index (Phi) is 4.68. The highest BCUT2D eigenvalue weighted by molar-refractivity contribution is 5.86. The number of nitrogens with zero attached hydrogens (tertiary/aromatic N) is 4. The topological polar surface area (TPSA) is 69.5 Å². The van der Waals surface area contributed by atoms with Crippen LogP contribution < -0.4 is 0 Å². The van der Waals surface area contributed by atoms with E-state index in [1.165, 1.54) is 7.11 Å². The maximum absolute atomic E-state index is 11.5. The molecule has 2 atom stereocenters. The predicted octanol–water partition coefficient (Wildman–Crippen LogP) is 1.66. The fraction of sp³-hybridized carbons (Fsp3) is 0.812. The van der Waals surface area contributed by atoms with Gasteiger partial charge in [-0.05, 0) is 46.1 Å². The summed E-state index contributed by atoms with van der Waals surface area (Å²) < 4.78 is 12.6. The van der Waals surface area contributed by atoms with Gasteiger partial charge in [0.2, 0.25) is 0 Å². The van der Waals surface area contributed by atoms with Crippen LogP contribution in [0.5, 0.6) is 0 Å². The fourth-order valence-electron chi connectivity index (χ4n) is 3.56. The molecule has 7 heteroatoms. The number of rotatable bonds is 4. The van der Waals surface area contributed by atoms with E-state index >= 15 is 0 Å². The molecule has 3 heterocycles. The van der Waals surface area contributed by atoms with E-state index in [0.29, 0.717) is 6.10 Å². The van der Waals surface area contributed by atoms with E-state index in [2.05, 4.69) is 33.8 Å². The van der Waals surface area contributed by atoms with Crippen molar-refractivity contribution in [2.45, 2.75) is 57.3 Å². The summed E-state index contributed by atoms with van der Waals surface area (Å²) in [5, 5.41) is 8.01. The van der Waals surface area contributed by atoms with Crippen LogP contribution in [-0.4, -0.2) is 64.3 Å². The molecule has 3 rings (SSSR count). The summed E-state index contributed by atoms with van der Waals surface area (Å²) >= 11 is 0. The number of hydrogen-bond donors (Lipinski definition) is 0. The van der Waals surface area contributed by atoms with Crippen LogP contribution in [0.25, 0.3) is 0 Å². The molecule has 0 spiro atoms. The average molecular weight is 322 g/mol. The van der Waals surface area contributed by atoms with Crippen molar-refractivity contribution in [2.24, 2.45) is 0 Å². The summed E-state index contributed by atoms with van der Waals surface area (Å²) in [6.45, 7) is 7.31. The van der Waals surface area contributed by atoms with E-state index in [1.54, 1.807) is 10.9 Å². The lowest BCUT2D eigenvalue weighted by Crippen LogP contribution is -2.41. The van der Waals surface area contributed by atoms with Crippen molar-refractivity contribution in [3.8, 4) is 0 Å². The third kappa shape index (κ3) is 3.90. The van der Waals surface area contributed by atoms with Gasteiger partial charge in [0.05, 0.1) is 31.1 Å². The quantitative estimate of drug-likeness (QED) is 0.785. The highest BCUT2D eigenvalue weighted by atomic mass is 16.5. The highest BCUT2D eigenvalue weighted by Gasteiger charge is 2.33. The van der Waals surface area contributed by atoms with Crippen molar-refractivity contribution in [3.05, 3.63) is 11.9 Å². The molecule has 0 bridgehead atoms. The minimum Gasteiger partial charge on any atom is -0.464 e. The van der Waals surface area contributed by atoms with Gasteiger partial charge in [-0.15, -0.1) is 5.10 Å². The van der Waals surface area contributed by atoms with Crippen molar-refractivity contribution < 1.29 is 14.3 Å². The second-order valence-corrected chi connectivity index (χ2v) is 7.17. The first-order valence-electron chi connectivity index (χ1n) is 8.37. The second-order valence-electron chi connectivity index (χ2n) is 7.17. The summed E-state index contributed by atoms with van der Waals surface area (Å²) in [5.41, 5.74) is 0.284. The normalized spacial score (nSPS) is 28.0. The molecule has 0 aliphatic carbocycles. The van der Waals surface area contributed by atoms with Crippen LogP contribution in [-0.2, 0) is 9.47 Å². The summed E-state index contributed by atoms with van der Waals surface area (Å²) in [7, 11) is 1.35. The molecule has 2 aliphatic heterocycles. The molecular weight excluding hydrogens is 296 g/mol. The van der Waals surface area contributed by atoms with Crippen LogP contribution in [0.15, 0.2) is 6.20 Å². The zero-order valence-electron chi connectivity index (χ0n) is 14.2. The SMILES string of the molecule is COC(=O)c1cn([C@H]2CCCN(C[C@@H]3CCC(C)(C)O3)C2)nn1. The Morgan fingerprint density at radius 2 is 2.30 bits per heavy atom. The molecule has 0 radical (unpaired) electrons. The molecule has 0 aromatic carbocycles. The lowest BCUT2D eigenvalue weighted by molar-refractivity contribution is -0.0328. The van der Waals surface area contributed by atoms with Gasteiger partial charge in [0, 0.05) is 13.1 Å². The Labute approximate surface area is 136 Å². The third-order valence-electron chi connectivity index (χ3n) is 4.78. The largest absolute Gasteiger partial charge is 0.464 e. The van der Waals surface area contributed by atoms with Crippen LogP contribution in [0.4, 0.5) is 0 Å². The van der Waals surface area contributed by atoms with Crippen molar-refractivity contribution in [1.82, 2.24) is 19.9 Å². The third-order valence-corrected chi connectivity index (χ3v) is 4.78. The summed E-state index contributed by atoms with van der Waals surface area (Å²) in [5.74, 6) is -0.439. The maximum Gasteiger partial charge on any atom is 0.360 e. The molecule has 2 fully saturated rings. The number of piperidine rings is 1. The molecule has 2 aliphatic rings. The number of esters is 1. The Balaban J connectivity index is 1.58. The molecule has 128 valence electrons. The van der Waals surface area contributed by atoms with Crippen LogP contribution in [0.3, 0.4) is 0 Å². The first kappa shape index (κ1) is 16.4. The van der Waals surface area contributed by atoms with Crippen LogP contribution in [0, 0.1) is 0 Å². The molecule has 7 nitrogen and oxygen atoms in total. The van der Waals surface area contributed by atoms with Gasteiger partial charge in [0.15, 0.2) is 5.69 Å². The van der Waals surface area contributed by atoms with Gasteiger partial charge in [-0.2, -0.15) is 0 Å². The smallest absolute Gasteiger partial charge is 0.360 e. The van der Waals surface area contributed by atoms with E-state index in [4.69, 9.17) is 4.74 Å². The standard InChI is InChI=1S/C16H26N4O3/c1-16(2)7-6-13(23-16)10-19-8-4-5-12(9-19)20-11-14(17-18-20)15(21)22-3/h11-13H,4-10H2,1-3H3/t12-,13-/m0/s1. The Morgan fingerprint density at radius 3 is 3.00 bits per heavy atom. The van der Waals surface area contributed by atoms with E-state index in [-0.39, 0.29) is 17.3 Å². The number of methoxy groups -OCH3 is 1. The molecule has 0 amide bonds. The maximum atomic E-state index is 11.5. The summed E-state index contributed by atoms with van der Waals surface area (Å²) in [6.07, 6.45) is 6.44. The van der Waals surface area contributed by atoms with Gasteiger partial charge < -0.3 is 9.47 Å². The van der Waals surface area contributed by atoms with E-state index in [0.717, 1.165) is 45.3 Å². The van der Waals surface area contributed by atoms with E-state index in [1.807, 2.05) is 0 Å². The van der Waals surface area contributed by atoms with Gasteiger partial charge >= 0.3 is 5.97 Å². The molecule has 0 saturated carbocycles. The molecule has 23 heavy (non-hydrogen) atoms. The first-order valence-corrected chi connectivity index (χ1v) is 8.37. The fourth-order valence-corrected chi connectivity index (χ4v) is 3.56. The first-order chi connectivity index (χ1) is 11.0. The van der Waals surface area contributed by atoms with Gasteiger partial charge in [0.25, 0.3) is 0 Å². The lowest BCUT2D eigenvalue weighted by atomic mass is 10.0. The molecule has 1 aromatic rings. The highest BCUT2D eigenvalue weighted by Crippen LogP contribution is 2.31. The van der Waals surface area contributed by atoms with Gasteiger partial charge in [-0.25, -0.2) is 9.48 Å². The van der Waals surface area contributed by atoms with E-state index < -0.39 is 5.97 Å². The summed E-state index contributed by atoms with van der Waals surface area (Å²) in [6, 6.07) is 0.254. The predicted molar refractivity (Wildman–Crippen MR) is 84.3 cm³/mol. The number of aromatic nitrogens is 3. The van der Waals surface area contributed by atoms with Crippen LogP contribution >= 0.6 is 0 Å². The minimum atomic E-state index is -0.439. The molecule has 0 N–H and O–H groups in total. The van der Waals surface area contributed by atoms with Gasteiger partial charge in [0.1, 0.15) is 0 Å².